The Bertz CT molecular complexity index is 483. The quantitative estimate of drug-likeness (QED) is 0.874. The summed E-state index contributed by atoms with van der Waals surface area (Å²) in [6.07, 6.45) is 2.87. The van der Waals surface area contributed by atoms with Crippen molar-refractivity contribution >= 4 is 17.7 Å². The molecule has 1 heterocycles. The van der Waals surface area contributed by atoms with Gasteiger partial charge < -0.3 is 14.6 Å². The van der Waals surface area contributed by atoms with Gasteiger partial charge in [-0.2, -0.15) is 11.8 Å². The van der Waals surface area contributed by atoms with Crippen LogP contribution < -0.4 is 9.47 Å². The molecule has 0 bridgehead atoms. The number of carboxylic acids is 1. The van der Waals surface area contributed by atoms with Crippen LogP contribution in [-0.4, -0.2) is 35.8 Å². The monoisotopic (exact) mass is 310 g/mol. The van der Waals surface area contributed by atoms with E-state index in [1.54, 1.807) is 14.0 Å². The van der Waals surface area contributed by atoms with E-state index in [1.165, 1.54) is 0 Å². The van der Waals surface area contributed by atoms with Crippen molar-refractivity contribution in [1.82, 2.24) is 0 Å². The molecule has 0 amide bonds. The Morgan fingerprint density at radius 1 is 1.38 bits per heavy atom. The van der Waals surface area contributed by atoms with E-state index in [9.17, 15) is 4.79 Å². The van der Waals surface area contributed by atoms with Gasteiger partial charge in [-0.3, -0.25) is 4.79 Å². The zero-order valence-electron chi connectivity index (χ0n) is 12.5. The summed E-state index contributed by atoms with van der Waals surface area (Å²) in [5.41, 5.74) is 0.952. The number of benzene rings is 1. The molecule has 0 saturated carbocycles. The maximum Gasteiger partial charge on any atom is 0.306 e. The van der Waals surface area contributed by atoms with Gasteiger partial charge in [0.25, 0.3) is 0 Å². The molecule has 0 radical (unpaired) electrons. The highest BCUT2D eigenvalue weighted by Crippen LogP contribution is 2.32. The third kappa shape index (κ3) is 4.56. The molecule has 1 aromatic rings. The van der Waals surface area contributed by atoms with Crippen LogP contribution in [0.25, 0.3) is 0 Å². The van der Waals surface area contributed by atoms with Crippen LogP contribution in [0.5, 0.6) is 11.5 Å². The van der Waals surface area contributed by atoms with Crippen LogP contribution in [0, 0.1) is 5.92 Å². The first-order chi connectivity index (χ1) is 10.1. The number of hydrogen-bond acceptors (Lipinski definition) is 4. The van der Waals surface area contributed by atoms with E-state index in [4.69, 9.17) is 14.6 Å². The van der Waals surface area contributed by atoms with E-state index >= 15 is 0 Å². The molecule has 1 fully saturated rings. The molecule has 1 aliphatic rings. The van der Waals surface area contributed by atoms with Gasteiger partial charge in [0.1, 0.15) is 6.10 Å². The molecule has 1 N–H and O–H groups in total. The number of thioether (sulfide) groups is 1. The Kier molecular flexibility index (Phi) is 5.79. The highest BCUT2D eigenvalue weighted by Gasteiger charge is 2.18. The van der Waals surface area contributed by atoms with Gasteiger partial charge in [-0.1, -0.05) is 13.0 Å². The van der Waals surface area contributed by atoms with Crippen LogP contribution >= 0.6 is 11.8 Å². The molecular weight excluding hydrogens is 288 g/mol. The van der Waals surface area contributed by atoms with Crippen LogP contribution in [-0.2, 0) is 11.2 Å². The first-order valence-electron chi connectivity index (χ1n) is 7.24. The number of rotatable bonds is 6. The molecule has 1 aliphatic heterocycles. The number of carbonyl (C=O) groups is 1. The maximum absolute atomic E-state index is 10.9. The third-order valence-corrected chi connectivity index (χ3v) is 4.70. The summed E-state index contributed by atoms with van der Waals surface area (Å²) in [5.74, 6) is 2.53. The van der Waals surface area contributed by atoms with Crippen LogP contribution in [0.15, 0.2) is 18.2 Å². The Labute approximate surface area is 129 Å². The summed E-state index contributed by atoms with van der Waals surface area (Å²) >= 11 is 1.96. The highest BCUT2D eigenvalue weighted by molar-refractivity contribution is 7.99. The molecule has 21 heavy (non-hydrogen) atoms. The van der Waals surface area contributed by atoms with Gasteiger partial charge in [-0.25, -0.2) is 0 Å². The number of methoxy groups -OCH3 is 1. The molecule has 1 atom stereocenters. The standard InChI is InChI=1S/C16H22O4S/c1-11(16(17)18)9-12-3-4-14(15(10-12)19-2)20-13-5-7-21-8-6-13/h3-4,10-11,13H,5-9H2,1-2H3,(H,17,18). The summed E-state index contributed by atoms with van der Waals surface area (Å²) in [4.78, 5) is 10.9. The first kappa shape index (κ1) is 16.0. The zero-order valence-corrected chi connectivity index (χ0v) is 13.3. The van der Waals surface area contributed by atoms with E-state index in [2.05, 4.69) is 0 Å². The Hall–Kier alpha value is -1.36. The fourth-order valence-electron chi connectivity index (χ4n) is 2.35. The molecule has 2 rings (SSSR count). The van der Waals surface area contributed by atoms with Crippen molar-refractivity contribution in [3.63, 3.8) is 0 Å². The Balaban J connectivity index is 2.06. The number of ether oxygens (including phenoxy) is 2. The van der Waals surface area contributed by atoms with Gasteiger partial charge in [0.05, 0.1) is 13.0 Å². The van der Waals surface area contributed by atoms with Gasteiger partial charge in [-0.05, 0) is 48.5 Å². The predicted molar refractivity (Wildman–Crippen MR) is 84.5 cm³/mol. The second kappa shape index (κ2) is 7.59. The lowest BCUT2D eigenvalue weighted by molar-refractivity contribution is -0.141. The Morgan fingerprint density at radius 2 is 2.10 bits per heavy atom. The van der Waals surface area contributed by atoms with Crippen LogP contribution in [0.4, 0.5) is 0 Å². The number of aliphatic carboxylic acids is 1. The first-order valence-corrected chi connectivity index (χ1v) is 8.39. The predicted octanol–water partition coefficient (Wildman–Crippen LogP) is 3.23. The van der Waals surface area contributed by atoms with Gasteiger partial charge in [0.2, 0.25) is 0 Å². The largest absolute Gasteiger partial charge is 0.493 e. The van der Waals surface area contributed by atoms with Gasteiger partial charge >= 0.3 is 5.97 Å². The SMILES string of the molecule is COc1cc(CC(C)C(=O)O)ccc1OC1CCSCC1. The van der Waals surface area contributed by atoms with Crippen LogP contribution in [0.1, 0.15) is 25.3 Å². The van der Waals surface area contributed by atoms with Crippen molar-refractivity contribution in [2.24, 2.45) is 5.92 Å². The molecule has 5 heteroatoms. The molecule has 0 aromatic heterocycles. The van der Waals surface area contributed by atoms with E-state index in [0.29, 0.717) is 12.2 Å². The molecular formula is C16H22O4S. The molecule has 0 aliphatic carbocycles. The third-order valence-electron chi connectivity index (χ3n) is 3.65. The molecule has 116 valence electrons. The molecule has 0 spiro atoms. The summed E-state index contributed by atoms with van der Waals surface area (Å²) in [6, 6.07) is 5.70. The second-order valence-corrected chi connectivity index (χ2v) is 6.58. The van der Waals surface area contributed by atoms with Gasteiger partial charge in [0, 0.05) is 0 Å². The van der Waals surface area contributed by atoms with Crippen LogP contribution in [0.2, 0.25) is 0 Å². The van der Waals surface area contributed by atoms with E-state index in [0.717, 1.165) is 35.7 Å². The van der Waals surface area contributed by atoms with Gasteiger partial charge in [-0.15, -0.1) is 0 Å². The van der Waals surface area contributed by atoms with E-state index in [-0.39, 0.29) is 6.10 Å². The lowest BCUT2D eigenvalue weighted by atomic mass is 10.0. The average molecular weight is 310 g/mol. The van der Waals surface area contributed by atoms with Crippen molar-refractivity contribution in [1.29, 1.82) is 0 Å². The molecule has 1 unspecified atom stereocenters. The summed E-state index contributed by atoms with van der Waals surface area (Å²) in [6.45, 7) is 1.71. The van der Waals surface area contributed by atoms with Crippen molar-refractivity contribution in [2.75, 3.05) is 18.6 Å². The maximum atomic E-state index is 10.9. The molecule has 1 saturated heterocycles. The summed E-state index contributed by atoms with van der Waals surface area (Å²) in [7, 11) is 1.61. The minimum Gasteiger partial charge on any atom is -0.493 e. The summed E-state index contributed by atoms with van der Waals surface area (Å²) < 4.78 is 11.4. The topological polar surface area (TPSA) is 55.8 Å². The minimum atomic E-state index is -0.783. The van der Waals surface area contributed by atoms with Crippen LogP contribution in [0.3, 0.4) is 0 Å². The lowest BCUT2D eigenvalue weighted by Crippen LogP contribution is -2.22. The lowest BCUT2D eigenvalue weighted by Gasteiger charge is -2.24. The van der Waals surface area contributed by atoms with Gasteiger partial charge in [0.15, 0.2) is 11.5 Å². The smallest absolute Gasteiger partial charge is 0.306 e. The molecule has 1 aromatic carbocycles. The average Bonchev–Trinajstić information content (AvgIpc) is 2.49. The number of hydrogen-bond donors (Lipinski definition) is 1. The fraction of sp³-hybridized carbons (Fsp3) is 0.562. The minimum absolute atomic E-state index is 0.254. The van der Waals surface area contributed by atoms with E-state index < -0.39 is 11.9 Å². The van der Waals surface area contributed by atoms with Crippen molar-refractivity contribution < 1.29 is 19.4 Å². The summed E-state index contributed by atoms with van der Waals surface area (Å²) in [5, 5.41) is 8.98. The normalized spacial score (nSPS) is 17.2. The number of carboxylic acid groups (broad SMARTS) is 1. The highest BCUT2D eigenvalue weighted by atomic mass is 32.2. The van der Waals surface area contributed by atoms with E-state index in [1.807, 2.05) is 30.0 Å². The second-order valence-electron chi connectivity index (χ2n) is 5.36. The fourth-order valence-corrected chi connectivity index (χ4v) is 3.41. The Morgan fingerprint density at radius 3 is 2.71 bits per heavy atom. The molecule has 4 nitrogen and oxygen atoms in total. The zero-order chi connectivity index (χ0) is 15.2. The van der Waals surface area contributed by atoms with Crippen molar-refractivity contribution in [3.8, 4) is 11.5 Å². The van der Waals surface area contributed by atoms with Crippen molar-refractivity contribution in [2.45, 2.75) is 32.3 Å². The van der Waals surface area contributed by atoms with Crippen molar-refractivity contribution in [3.05, 3.63) is 23.8 Å².